The first-order chi connectivity index (χ1) is 12.6. The van der Waals surface area contributed by atoms with Crippen molar-refractivity contribution in [2.45, 2.75) is 13.5 Å². The van der Waals surface area contributed by atoms with Gasteiger partial charge in [-0.05, 0) is 54.0 Å². The molecule has 0 spiro atoms. The predicted molar refractivity (Wildman–Crippen MR) is 103 cm³/mol. The fourth-order valence-electron chi connectivity index (χ4n) is 2.62. The zero-order valence-corrected chi connectivity index (χ0v) is 14.6. The highest BCUT2D eigenvalue weighted by Crippen LogP contribution is 2.22. The van der Waals surface area contributed by atoms with Crippen LogP contribution in [0.3, 0.4) is 0 Å². The van der Waals surface area contributed by atoms with Crippen molar-refractivity contribution in [1.82, 2.24) is 0 Å². The van der Waals surface area contributed by atoms with Crippen molar-refractivity contribution in [3.63, 3.8) is 0 Å². The summed E-state index contributed by atoms with van der Waals surface area (Å²) in [5, 5.41) is 9.74. The number of carbonyl (C=O) groups excluding carboxylic acids is 1. The number of ketones is 1. The van der Waals surface area contributed by atoms with Crippen molar-refractivity contribution >= 4 is 11.9 Å². The van der Waals surface area contributed by atoms with E-state index in [1.807, 2.05) is 55.5 Å². The predicted octanol–water partition coefficient (Wildman–Crippen LogP) is 5.18. The van der Waals surface area contributed by atoms with Gasteiger partial charge in [0.15, 0.2) is 5.78 Å². The summed E-state index contributed by atoms with van der Waals surface area (Å²) in [6, 6.07) is 22.3. The highest BCUT2D eigenvalue weighted by Gasteiger charge is 2.07. The second-order valence-corrected chi connectivity index (χ2v) is 6.01. The van der Waals surface area contributed by atoms with Gasteiger partial charge in [0.25, 0.3) is 0 Å². The third kappa shape index (κ3) is 4.39. The first-order valence-electron chi connectivity index (χ1n) is 8.41. The molecule has 26 heavy (non-hydrogen) atoms. The standard InChI is InChI=1S/C23H20O3/c1-17-15-18(11-13-22(25)20-9-5-6-10-21(20)24)12-14-23(17)26-16-19-7-3-2-4-8-19/h2-15,24H,16H2,1H3/b13-11+. The molecular weight excluding hydrogens is 324 g/mol. The Morgan fingerprint density at radius 1 is 1.00 bits per heavy atom. The molecule has 3 aromatic carbocycles. The molecule has 3 heteroatoms. The van der Waals surface area contributed by atoms with Gasteiger partial charge >= 0.3 is 0 Å². The summed E-state index contributed by atoms with van der Waals surface area (Å²) in [5.41, 5.74) is 3.31. The lowest BCUT2D eigenvalue weighted by Gasteiger charge is -2.10. The van der Waals surface area contributed by atoms with Crippen molar-refractivity contribution in [1.29, 1.82) is 0 Å². The van der Waals surface area contributed by atoms with Crippen LogP contribution in [0.4, 0.5) is 0 Å². The Morgan fingerprint density at radius 2 is 1.73 bits per heavy atom. The van der Waals surface area contributed by atoms with E-state index in [1.54, 1.807) is 24.3 Å². The number of para-hydroxylation sites is 1. The van der Waals surface area contributed by atoms with E-state index in [0.29, 0.717) is 12.2 Å². The Kier molecular flexibility index (Phi) is 5.49. The number of phenolic OH excluding ortho intramolecular Hbond substituents is 1. The number of hydrogen-bond donors (Lipinski definition) is 1. The number of ether oxygens (including phenoxy) is 1. The summed E-state index contributed by atoms with van der Waals surface area (Å²) in [6.45, 7) is 2.49. The molecule has 0 bridgehead atoms. The average Bonchev–Trinajstić information content (AvgIpc) is 2.66. The van der Waals surface area contributed by atoms with E-state index in [-0.39, 0.29) is 11.5 Å². The molecule has 0 aliphatic carbocycles. The summed E-state index contributed by atoms with van der Waals surface area (Å²) in [5.74, 6) is 0.575. The maximum absolute atomic E-state index is 12.2. The first kappa shape index (κ1) is 17.5. The third-order valence-electron chi connectivity index (χ3n) is 4.03. The van der Waals surface area contributed by atoms with E-state index in [2.05, 4.69) is 0 Å². The Labute approximate surface area is 153 Å². The number of allylic oxidation sites excluding steroid dienone is 1. The molecule has 130 valence electrons. The second kappa shape index (κ2) is 8.17. The minimum atomic E-state index is -0.231. The van der Waals surface area contributed by atoms with Crippen LogP contribution in [0.5, 0.6) is 11.5 Å². The van der Waals surface area contributed by atoms with E-state index < -0.39 is 0 Å². The molecule has 0 saturated carbocycles. The molecule has 0 aliphatic rings. The van der Waals surface area contributed by atoms with Crippen LogP contribution in [0.25, 0.3) is 6.08 Å². The molecule has 0 aromatic heterocycles. The fourth-order valence-corrected chi connectivity index (χ4v) is 2.62. The van der Waals surface area contributed by atoms with Crippen LogP contribution in [-0.2, 0) is 6.61 Å². The molecule has 0 saturated heterocycles. The normalized spacial score (nSPS) is 10.8. The number of aryl methyl sites for hydroxylation is 1. The lowest BCUT2D eigenvalue weighted by Crippen LogP contribution is -1.97. The summed E-state index contributed by atoms with van der Waals surface area (Å²) in [6.07, 6.45) is 3.21. The summed E-state index contributed by atoms with van der Waals surface area (Å²) in [4.78, 5) is 12.2. The minimum Gasteiger partial charge on any atom is -0.507 e. The van der Waals surface area contributed by atoms with Crippen LogP contribution in [0.2, 0.25) is 0 Å². The molecule has 0 unspecified atom stereocenters. The van der Waals surface area contributed by atoms with Gasteiger partial charge in [-0.15, -0.1) is 0 Å². The van der Waals surface area contributed by atoms with Crippen molar-refractivity contribution < 1.29 is 14.6 Å². The fraction of sp³-hybridized carbons (Fsp3) is 0.0870. The van der Waals surface area contributed by atoms with Crippen molar-refractivity contribution in [3.05, 3.63) is 101 Å². The largest absolute Gasteiger partial charge is 0.507 e. The van der Waals surface area contributed by atoms with Crippen molar-refractivity contribution in [2.24, 2.45) is 0 Å². The molecule has 3 rings (SSSR count). The van der Waals surface area contributed by atoms with Crippen LogP contribution in [0.1, 0.15) is 27.0 Å². The topological polar surface area (TPSA) is 46.5 Å². The third-order valence-corrected chi connectivity index (χ3v) is 4.03. The van der Waals surface area contributed by atoms with E-state index in [4.69, 9.17) is 4.74 Å². The second-order valence-electron chi connectivity index (χ2n) is 6.01. The SMILES string of the molecule is Cc1cc(/C=C/C(=O)c2ccccc2O)ccc1OCc1ccccc1. The van der Waals surface area contributed by atoms with E-state index >= 15 is 0 Å². The zero-order valence-electron chi connectivity index (χ0n) is 14.6. The molecule has 1 N–H and O–H groups in total. The molecule has 0 aliphatic heterocycles. The number of phenols is 1. The molecule has 3 aromatic rings. The average molecular weight is 344 g/mol. The summed E-state index contributed by atoms with van der Waals surface area (Å²) in [7, 11) is 0. The molecule has 0 fully saturated rings. The number of aromatic hydroxyl groups is 1. The van der Waals surface area contributed by atoms with E-state index in [1.165, 1.54) is 12.1 Å². The quantitative estimate of drug-likeness (QED) is 0.495. The Bertz CT molecular complexity index is 927. The Hall–Kier alpha value is -3.33. The number of hydrogen-bond acceptors (Lipinski definition) is 3. The Morgan fingerprint density at radius 3 is 2.46 bits per heavy atom. The van der Waals surface area contributed by atoms with Crippen molar-refractivity contribution in [3.8, 4) is 11.5 Å². The highest BCUT2D eigenvalue weighted by molar-refractivity contribution is 6.08. The van der Waals surface area contributed by atoms with Gasteiger partial charge in [0.05, 0.1) is 5.56 Å². The van der Waals surface area contributed by atoms with Gasteiger partial charge in [0.1, 0.15) is 18.1 Å². The van der Waals surface area contributed by atoms with Crippen LogP contribution >= 0.6 is 0 Å². The van der Waals surface area contributed by atoms with Gasteiger partial charge in [-0.1, -0.05) is 54.6 Å². The highest BCUT2D eigenvalue weighted by atomic mass is 16.5. The molecule has 0 radical (unpaired) electrons. The van der Waals surface area contributed by atoms with E-state index in [9.17, 15) is 9.90 Å². The van der Waals surface area contributed by atoms with Gasteiger partial charge in [0.2, 0.25) is 0 Å². The lowest BCUT2D eigenvalue weighted by molar-refractivity contribution is 0.104. The van der Waals surface area contributed by atoms with E-state index in [0.717, 1.165) is 22.4 Å². The monoisotopic (exact) mass is 344 g/mol. The van der Waals surface area contributed by atoms with Gasteiger partial charge in [-0.2, -0.15) is 0 Å². The molecular formula is C23H20O3. The van der Waals surface area contributed by atoms with Crippen molar-refractivity contribution in [2.75, 3.05) is 0 Å². The molecule has 3 nitrogen and oxygen atoms in total. The summed E-state index contributed by atoms with van der Waals surface area (Å²) >= 11 is 0. The molecule has 0 heterocycles. The van der Waals surface area contributed by atoms with Gasteiger partial charge in [-0.3, -0.25) is 4.79 Å². The Balaban J connectivity index is 1.67. The number of rotatable bonds is 6. The number of carbonyl (C=O) groups is 1. The van der Waals surface area contributed by atoms with Crippen LogP contribution in [0, 0.1) is 6.92 Å². The van der Waals surface area contributed by atoms with Crippen LogP contribution in [-0.4, -0.2) is 10.9 Å². The summed E-state index contributed by atoms with van der Waals surface area (Å²) < 4.78 is 5.86. The van der Waals surface area contributed by atoms with Gasteiger partial charge in [-0.25, -0.2) is 0 Å². The maximum atomic E-state index is 12.2. The smallest absolute Gasteiger partial charge is 0.189 e. The lowest BCUT2D eigenvalue weighted by atomic mass is 10.1. The van der Waals surface area contributed by atoms with Crippen LogP contribution < -0.4 is 4.74 Å². The van der Waals surface area contributed by atoms with Gasteiger partial charge < -0.3 is 9.84 Å². The molecule has 0 amide bonds. The maximum Gasteiger partial charge on any atom is 0.189 e. The minimum absolute atomic E-state index is 0.0111. The van der Waals surface area contributed by atoms with Gasteiger partial charge in [0, 0.05) is 0 Å². The zero-order chi connectivity index (χ0) is 18.4. The van der Waals surface area contributed by atoms with Crippen LogP contribution in [0.15, 0.2) is 78.9 Å². The first-order valence-corrected chi connectivity index (χ1v) is 8.41. The molecule has 0 atom stereocenters. The number of benzene rings is 3.